The molecule has 0 radical (unpaired) electrons. The highest BCUT2D eigenvalue weighted by atomic mass is 16.6. The van der Waals surface area contributed by atoms with Gasteiger partial charge in [-0.05, 0) is 6.42 Å². The molecule has 74 valence electrons. The summed E-state index contributed by atoms with van der Waals surface area (Å²) >= 11 is 0. The van der Waals surface area contributed by atoms with Gasteiger partial charge in [-0.15, -0.1) is 0 Å². The summed E-state index contributed by atoms with van der Waals surface area (Å²) < 4.78 is 4.88. The van der Waals surface area contributed by atoms with Crippen molar-refractivity contribution < 1.29 is 14.9 Å². The first-order valence-electron chi connectivity index (χ1n) is 4.71. The van der Waals surface area contributed by atoms with Crippen LogP contribution in [0.15, 0.2) is 0 Å². The molecule has 0 amide bonds. The molecule has 0 aromatic carbocycles. The van der Waals surface area contributed by atoms with Gasteiger partial charge in [-0.25, -0.2) is 0 Å². The van der Waals surface area contributed by atoms with E-state index >= 15 is 0 Å². The molecule has 12 heavy (non-hydrogen) atoms. The van der Waals surface area contributed by atoms with E-state index in [2.05, 4.69) is 6.92 Å². The van der Waals surface area contributed by atoms with Crippen molar-refractivity contribution in [3.8, 4) is 0 Å². The molecular formula is C9H20O3. The van der Waals surface area contributed by atoms with Gasteiger partial charge in [0.25, 0.3) is 0 Å². The molecular weight excluding hydrogens is 156 g/mol. The van der Waals surface area contributed by atoms with Crippen LogP contribution in [0.25, 0.3) is 0 Å². The zero-order valence-corrected chi connectivity index (χ0v) is 7.83. The number of unbranched alkanes of at least 4 members (excludes halogenated alkanes) is 4. The van der Waals surface area contributed by atoms with Crippen molar-refractivity contribution in [3.05, 3.63) is 0 Å². The highest BCUT2D eigenvalue weighted by molar-refractivity contribution is 4.42. The van der Waals surface area contributed by atoms with Crippen LogP contribution in [0.1, 0.15) is 39.0 Å². The van der Waals surface area contributed by atoms with Crippen LogP contribution >= 0.6 is 0 Å². The molecule has 2 N–H and O–H groups in total. The lowest BCUT2D eigenvalue weighted by atomic mass is 10.2. The van der Waals surface area contributed by atoms with Crippen LogP contribution in [0.4, 0.5) is 0 Å². The molecule has 0 saturated heterocycles. The molecule has 0 heterocycles. The number of hydrogen-bond acceptors (Lipinski definition) is 3. The predicted octanol–water partition coefficient (Wildman–Crippen LogP) is 1.28. The fourth-order valence-corrected chi connectivity index (χ4v) is 0.978. The van der Waals surface area contributed by atoms with Gasteiger partial charge in [0.15, 0.2) is 6.29 Å². The maximum absolute atomic E-state index is 8.79. The van der Waals surface area contributed by atoms with Crippen molar-refractivity contribution >= 4 is 0 Å². The number of aliphatic hydroxyl groups excluding tert-OH is 2. The van der Waals surface area contributed by atoms with Gasteiger partial charge in [0.05, 0.1) is 6.61 Å². The van der Waals surface area contributed by atoms with E-state index in [1.54, 1.807) is 0 Å². The SMILES string of the molecule is CCCCCCCOC(O)CO. The summed E-state index contributed by atoms with van der Waals surface area (Å²) in [5.41, 5.74) is 0. The standard InChI is InChI=1S/C9H20O3/c1-2-3-4-5-6-7-12-9(11)8-10/h9-11H,2-8H2,1H3. The minimum atomic E-state index is -0.990. The minimum absolute atomic E-state index is 0.311. The van der Waals surface area contributed by atoms with E-state index in [4.69, 9.17) is 14.9 Å². The van der Waals surface area contributed by atoms with E-state index in [-0.39, 0.29) is 6.61 Å². The summed E-state index contributed by atoms with van der Waals surface area (Å²) in [7, 11) is 0. The quantitative estimate of drug-likeness (QED) is 0.432. The zero-order chi connectivity index (χ0) is 9.23. The van der Waals surface area contributed by atoms with Gasteiger partial charge in [-0.1, -0.05) is 32.6 Å². The largest absolute Gasteiger partial charge is 0.391 e. The lowest BCUT2D eigenvalue weighted by molar-refractivity contribution is -0.125. The predicted molar refractivity (Wildman–Crippen MR) is 47.8 cm³/mol. The van der Waals surface area contributed by atoms with Crippen LogP contribution in [0.2, 0.25) is 0 Å². The average molecular weight is 176 g/mol. The Balaban J connectivity index is 2.90. The molecule has 0 rings (SSSR count). The van der Waals surface area contributed by atoms with Gasteiger partial charge in [-0.2, -0.15) is 0 Å². The van der Waals surface area contributed by atoms with Crippen molar-refractivity contribution in [2.75, 3.05) is 13.2 Å². The smallest absolute Gasteiger partial charge is 0.177 e. The van der Waals surface area contributed by atoms with Crippen LogP contribution in [-0.4, -0.2) is 29.7 Å². The highest BCUT2D eigenvalue weighted by Crippen LogP contribution is 2.02. The Morgan fingerprint density at radius 3 is 2.42 bits per heavy atom. The van der Waals surface area contributed by atoms with Gasteiger partial charge in [0.2, 0.25) is 0 Å². The Labute approximate surface area is 74.4 Å². The lowest BCUT2D eigenvalue weighted by Crippen LogP contribution is -2.16. The van der Waals surface area contributed by atoms with E-state index in [0.717, 1.165) is 12.8 Å². The molecule has 3 nitrogen and oxygen atoms in total. The Morgan fingerprint density at radius 1 is 1.17 bits per heavy atom. The molecule has 3 heteroatoms. The second-order valence-corrected chi connectivity index (χ2v) is 2.92. The van der Waals surface area contributed by atoms with Gasteiger partial charge >= 0.3 is 0 Å². The summed E-state index contributed by atoms with van der Waals surface area (Å²) in [5, 5.41) is 17.2. The number of aliphatic hydroxyl groups is 2. The minimum Gasteiger partial charge on any atom is -0.391 e. The zero-order valence-electron chi connectivity index (χ0n) is 7.83. The third-order valence-electron chi connectivity index (χ3n) is 1.71. The van der Waals surface area contributed by atoms with Gasteiger partial charge in [0.1, 0.15) is 0 Å². The molecule has 0 aromatic rings. The van der Waals surface area contributed by atoms with Crippen LogP contribution in [-0.2, 0) is 4.74 Å². The molecule has 0 aromatic heterocycles. The maximum atomic E-state index is 8.79. The number of hydrogen-bond donors (Lipinski definition) is 2. The second kappa shape index (κ2) is 8.97. The van der Waals surface area contributed by atoms with E-state index in [9.17, 15) is 0 Å². The Kier molecular flexibility index (Phi) is 8.88. The molecule has 1 unspecified atom stereocenters. The van der Waals surface area contributed by atoms with Crippen molar-refractivity contribution in [1.82, 2.24) is 0 Å². The van der Waals surface area contributed by atoms with Crippen LogP contribution < -0.4 is 0 Å². The number of ether oxygens (including phenoxy) is 1. The molecule has 0 saturated carbocycles. The van der Waals surface area contributed by atoms with Crippen molar-refractivity contribution in [2.45, 2.75) is 45.3 Å². The lowest BCUT2D eigenvalue weighted by Gasteiger charge is -2.07. The van der Waals surface area contributed by atoms with Gasteiger partial charge < -0.3 is 14.9 Å². The normalized spacial score (nSPS) is 13.2. The highest BCUT2D eigenvalue weighted by Gasteiger charge is 1.99. The first-order chi connectivity index (χ1) is 5.81. The Bertz CT molecular complexity index is 85.8. The Morgan fingerprint density at radius 2 is 1.83 bits per heavy atom. The summed E-state index contributed by atoms with van der Waals surface area (Å²) in [6, 6.07) is 0. The topological polar surface area (TPSA) is 49.7 Å². The van der Waals surface area contributed by atoms with E-state index < -0.39 is 6.29 Å². The monoisotopic (exact) mass is 176 g/mol. The molecule has 1 atom stereocenters. The fraction of sp³-hybridized carbons (Fsp3) is 1.00. The first kappa shape index (κ1) is 11.9. The molecule has 0 spiro atoms. The van der Waals surface area contributed by atoms with Crippen molar-refractivity contribution in [2.24, 2.45) is 0 Å². The molecule has 0 fully saturated rings. The summed E-state index contributed by atoms with van der Waals surface area (Å²) in [6.45, 7) is 2.41. The Hall–Kier alpha value is -0.120. The van der Waals surface area contributed by atoms with E-state index in [1.165, 1.54) is 19.3 Å². The maximum Gasteiger partial charge on any atom is 0.177 e. The van der Waals surface area contributed by atoms with Crippen molar-refractivity contribution in [3.63, 3.8) is 0 Å². The molecule has 0 aliphatic rings. The second-order valence-electron chi connectivity index (χ2n) is 2.92. The third kappa shape index (κ3) is 7.98. The summed E-state index contributed by atoms with van der Waals surface area (Å²) in [6.07, 6.45) is 4.86. The summed E-state index contributed by atoms with van der Waals surface area (Å²) in [5.74, 6) is 0. The molecule has 0 aliphatic heterocycles. The van der Waals surface area contributed by atoms with Crippen LogP contribution in [0.5, 0.6) is 0 Å². The third-order valence-corrected chi connectivity index (χ3v) is 1.71. The molecule has 0 bridgehead atoms. The first-order valence-corrected chi connectivity index (χ1v) is 4.71. The van der Waals surface area contributed by atoms with Gasteiger partial charge in [0, 0.05) is 6.61 Å². The van der Waals surface area contributed by atoms with Gasteiger partial charge in [-0.3, -0.25) is 0 Å². The van der Waals surface area contributed by atoms with E-state index in [0.29, 0.717) is 6.61 Å². The fourth-order valence-electron chi connectivity index (χ4n) is 0.978. The average Bonchev–Trinajstić information content (AvgIpc) is 2.10. The van der Waals surface area contributed by atoms with E-state index in [1.807, 2.05) is 0 Å². The summed E-state index contributed by atoms with van der Waals surface area (Å²) in [4.78, 5) is 0. The van der Waals surface area contributed by atoms with Crippen LogP contribution in [0.3, 0.4) is 0 Å². The van der Waals surface area contributed by atoms with Crippen LogP contribution in [0, 0.1) is 0 Å². The number of rotatable bonds is 8. The molecule has 0 aliphatic carbocycles. The van der Waals surface area contributed by atoms with Crippen molar-refractivity contribution in [1.29, 1.82) is 0 Å².